The number of aliphatic hydroxyl groups excluding tert-OH is 1. The fraction of sp³-hybridized carbons (Fsp3) is 0.500. The first-order chi connectivity index (χ1) is 9.43. The van der Waals surface area contributed by atoms with E-state index >= 15 is 0 Å². The van der Waals surface area contributed by atoms with Gasteiger partial charge in [0.05, 0.1) is 12.3 Å². The average molecular weight is 283 g/mol. The number of nitrogens with zero attached hydrogens (tertiary/aromatic N) is 1. The van der Waals surface area contributed by atoms with Crippen LogP contribution in [-0.2, 0) is 4.79 Å². The first kappa shape index (κ1) is 16.4. The third kappa shape index (κ3) is 5.14. The van der Waals surface area contributed by atoms with Gasteiger partial charge in [-0.25, -0.2) is 4.39 Å². The highest BCUT2D eigenvalue weighted by Gasteiger charge is 2.09. The van der Waals surface area contributed by atoms with Crippen LogP contribution in [-0.4, -0.2) is 42.2 Å². The number of amides is 1. The lowest BCUT2D eigenvalue weighted by Crippen LogP contribution is -2.33. The van der Waals surface area contributed by atoms with E-state index in [1.54, 1.807) is 0 Å². The van der Waals surface area contributed by atoms with Crippen molar-refractivity contribution in [3.05, 3.63) is 24.0 Å². The van der Waals surface area contributed by atoms with Crippen LogP contribution in [0.4, 0.5) is 15.8 Å². The highest BCUT2D eigenvalue weighted by Crippen LogP contribution is 2.16. The number of likely N-dealkylation sites (N-methyl/N-ethyl adjacent to an activating group) is 1. The Bertz CT molecular complexity index is 454. The maximum absolute atomic E-state index is 13.0. The number of halogens is 1. The molecule has 0 aliphatic carbocycles. The van der Waals surface area contributed by atoms with Gasteiger partial charge in [-0.1, -0.05) is 0 Å². The third-order valence-corrected chi connectivity index (χ3v) is 3.21. The number of nitrogen functional groups attached to an aromatic ring is 1. The van der Waals surface area contributed by atoms with Gasteiger partial charge in [0.15, 0.2) is 0 Å². The number of hydrogen-bond acceptors (Lipinski definition) is 4. The Morgan fingerprint density at radius 1 is 1.55 bits per heavy atom. The maximum atomic E-state index is 13.0. The molecule has 1 aromatic rings. The Balaban J connectivity index is 2.35. The molecular formula is C14H22FN3O2. The van der Waals surface area contributed by atoms with E-state index in [4.69, 9.17) is 10.8 Å². The molecule has 0 saturated carbocycles. The molecule has 0 spiro atoms. The van der Waals surface area contributed by atoms with Crippen molar-refractivity contribution in [2.45, 2.75) is 25.8 Å². The second kappa shape index (κ2) is 7.81. The van der Waals surface area contributed by atoms with Gasteiger partial charge in [-0.15, -0.1) is 0 Å². The van der Waals surface area contributed by atoms with E-state index in [0.29, 0.717) is 18.5 Å². The predicted octanol–water partition coefficient (Wildman–Crippen LogP) is 1.44. The van der Waals surface area contributed by atoms with Crippen molar-refractivity contribution in [3.63, 3.8) is 0 Å². The molecule has 6 heteroatoms. The molecule has 0 radical (unpaired) electrons. The standard InChI is InChI=1S/C14H22FN3O2/c1-10(9-19)18(2)7-3-4-14(20)17-11-5-6-12(15)13(16)8-11/h5-6,8,10,19H,3-4,7,9,16H2,1-2H3,(H,17,20). The van der Waals surface area contributed by atoms with Crippen LogP contribution in [0, 0.1) is 5.82 Å². The molecule has 0 saturated heterocycles. The number of carbonyl (C=O) groups excluding carboxylic acids is 1. The van der Waals surface area contributed by atoms with Crippen LogP contribution in [0.1, 0.15) is 19.8 Å². The smallest absolute Gasteiger partial charge is 0.224 e. The number of rotatable bonds is 7. The molecule has 1 aromatic carbocycles. The van der Waals surface area contributed by atoms with Crippen LogP contribution in [0.15, 0.2) is 18.2 Å². The van der Waals surface area contributed by atoms with E-state index in [2.05, 4.69) is 5.32 Å². The Morgan fingerprint density at radius 3 is 2.85 bits per heavy atom. The van der Waals surface area contributed by atoms with E-state index in [1.165, 1.54) is 18.2 Å². The average Bonchev–Trinajstić information content (AvgIpc) is 2.41. The van der Waals surface area contributed by atoms with Crippen molar-refractivity contribution < 1.29 is 14.3 Å². The van der Waals surface area contributed by atoms with Gasteiger partial charge in [-0.05, 0) is 45.1 Å². The molecule has 0 aliphatic heterocycles. The predicted molar refractivity (Wildman–Crippen MR) is 77.9 cm³/mol. The van der Waals surface area contributed by atoms with E-state index in [9.17, 15) is 9.18 Å². The van der Waals surface area contributed by atoms with Crippen LogP contribution in [0.5, 0.6) is 0 Å². The number of hydrogen-bond donors (Lipinski definition) is 3. The summed E-state index contributed by atoms with van der Waals surface area (Å²) >= 11 is 0. The molecule has 5 nitrogen and oxygen atoms in total. The Morgan fingerprint density at radius 2 is 2.25 bits per heavy atom. The number of anilines is 2. The van der Waals surface area contributed by atoms with Gasteiger partial charge in [0.2, 0.25) is 5.91 Å². The summed E-state index contributed by atoms with van der Waals surface area (Å²) in [4.78, 5) is 13.7. The number of benzene rings is 1. The summed E-state index contributed by atoms with van der Waals surface area (Å²) in [5, 5.41) is 11.7. The summed E-state index contributed by atoms with van der Waals surface area (Å²) in [6.07, 6.45) is 1.04. The second-order valence-corrected chi connectivity index (χ2v) is 4.90. The minimum Gasteiger partial charge on any atom is -0.396 e. The monoisotopic (exact) mass is 283 g/mol. The maximum Gasteiger partial charge on any atom is 0.224 e. The lowest BCUT2D eigenvalue weighted by molar-refractivity contribution is -0.116. The number of aliphatic hydroxyl groups is 1. The molecule has 0 fully saturated rings. The molecule has 20 heavy (non-hydrogen) atoms. The fourth-order valence-electron chi connectivity index (χ4n) is 1.69. The zero-order valence-corrected chi connectivity index (χ0v) is 11.9. The molecule has 1 atom stereocenters. The molecule has 1 rings (SSSR count). The first-order valence-corrected chi connectivity index (χ1v) is 6.60. The van der Waals surface area contributed by atoms with Gasteiger partial charge in [0.1, 0.15) is 5.82 Å². The third-order valence-electron chi connectivity index (χ3n) is 3.21. The van der Waals surface area contributed by atoms with E-state index in [-0.39, 0.29) is 24.2 Å². The quantitative estimate of drug-likeness (QED) is 0.662. The Kier molecular flexibility index (Phi) is 6.41. The van der Waals surface area contributed by atoms with Crippen LogP contribution in [0.3, 0.4) is 0 Å². The van der Waals surface area contributed by atoms with Crippen LogP contribution < -0.4 is 11.1 Å². The number of nitrogens with two attached hydrogens (primary N) is 1. The molecule has 0 heterocycles. The number of nitrogens with one attached hydrogen (secondary N) is 1. The molecule has 4 N–H and O–H groups in total. The number of carbonyl (C=O) groups is 1. The summed E-state index contributed by atoms with van der Waals surface area (Å²) in [5.74, 6) is -0.635. The highest BCUT2D eigenvalue weighted by atomic mass is 19.1. The van der Waals surface area contributed by atoms with Crippen molar-refractivity contribution in [1.82, 2.24) is 4.90 Å². The fourth-order valence-corrected chi connectivity index (χ4v) is 1.69. The van der Waals surface area contributed by atoms with Crippen molar-refractivity contribution in [2.24, 2.45) is 0 Å². The summed E-state index contributed by atoms with van der Waals surface area (Å²) < 4.78 is 13.0. The van der Waals surface area contributed by atoms with Gasteiger partial charge < -0.3 is 21.1 Å². The molecular weight excluding hydrogens is 261 g/mol. The molecule has 1 unspecified atom stereocenters. The van der Waals surface area contributed by atoms with Crippen LogP contribution in [0.2, 0.25) is 0 Å². The van der Waals surface area contributed by atoms with Gasteiger partial charge in [-0.3, -0.25) is 4.79 Å². The molecule has 0 bridgehead atoms. The zero-order valence-electron chi connectivity index (χ0n) is 11.9. The van der Waals surface area contributed by atoms with Crippen molar-refractivity contribution >= 4 is 17.3 Å². The minimum atomic E-state index is -0.498. The zero-order chi connectivity index (χ0) is 15.1. The summed E-state index contributed by atoms with van der Waals surface area (Å²) in [6.45, 7) is 2.74. The molecule has 0 aromatic heterocycles. The summed E-state index contributed by atoms with van der Waals surface area (Å²) in [6, 6.07) is 4.17. The van der Waals surface area contributed by atoms with Gasteiger partial charge >= 0.3 is 0 Å². The lowest BCUT2D eigenvalue weighted by Gasteiger charge is -2.22. The summed E-state index contributed by atoms with van der Waals surface area (Å²) in [5.41, 5.74) is 5.93. The van der Waals surface area contributed by atoms with E-state index < -0.39 is 5.82 Å². The molecule has 0 aliphatic rings. The van der Waals surface area contributed by atoms with Gasteiger partial charge in [0, 0.05) is 18.2 Å². The van der Waals surface area contributed by atoms with Gasteiger partial charge in [0.25, 0.3) is 0 Å². The normalized spacial score (nSPS) is 12.4. The Labute approximate surface area is 118 Å². The second-order valence-electron chi connectivity index (χ2n) is 4.90. The van der Waals surface area contributed by atoms with E-state index in [0.717, 1.165) is 6.54 Å². The van der Waals surface area contributed by atoms with Crippen LogP contribution in [0.25, 0.3) is 0 Å². The first-order valence-electron chi connectivity index (χ1n) is 6.60. The van der Waals surface area contributed by atoms with Crippen molar-refractivity contribution in [1.29, 1.82) is 0 Å². The topological polar surface area (TPSA) is 78.6 Å². The molecule has 1 amide bonds. The van der Waals surface area contributed by atoms with Crippen LogP contribution >= 0.6 is 0 Å². The molecule has 112 valence electrons. The van der Waals surface area contributed by atoms with Crippen molar-refractivity contribution in [3.8, 4) is 0 Å². The SMILES string of the molecule is CC(CO)N(C)CCCC(=O)Nc1ccc(F)c(N)c1. The van der Waals surface area contributed by atoms with E-state index in [1.807, 2.05) is 18.9 Å². The van der Waals surface area contributed by atoms with Crippen molar-refractivity contribution in [2.75, 3.05) is 31.2 Å². The summed E-state index contributed by atoms with van der Waals surface area (Å²) in [7, 11) is 1.90. The largest absolute Gasteiger partial charge is 0.396 e. The van der Waals surface area contributed by atoms with Gasteiger partial charge in [-0.2, -0.15) is 0 Å². The lowest BCUT2D eigenvalue weighted by atomic mass is 10.2. The Hall–Kier alpha value is -1.66. The minimum absolute atomic E-state index is 0.0132. The highest BCUT2D eigenvalue weighted by molar-refractivity contribution is 5.91.